The molecule has 2 aliphatic rings. The maximum Gasteiger partial charge on any atom is 0.222 e. The van der Waals surface area contributed by atoms with Gasteiger partial charge in [0.25, 0.3) is 0 Å². The highest BCUT2D eigenvalue weighted by atomic mass is 35.5. The maximum absolute atomic E-state index is 11.9. The Hall–Kier alpha value is -0.280. The van der Waals surface area contributed by atoms with E-state index in [2.05, 4.69) is 5.32 Å². The van der Waals surface area contributed by atoms with E-state index in [9.17, 15) is 4.79 Å². The van der Waals surface area contributed by atoms with Gasteiger partial charge < -0.3 is 10.2 Å². The van der Waals surface area contributed by atoms with Crippen molar-refractivity contribution in [1.82, 2.24) is 10.2 Å². The van der Waals surface area contributed by atoms with Crippen LogP contribution in [-0.4, -0.2) is 37.5 Å². The number of hydrogen-bond donors (Lipinski definition) is 1. The van der Waals surface area contributed by atoms with Crippen LogP contribution in [0.3, 0.4) is 0 Å². The maximum atomic E-state index is 11.9. The summed E-state index contributed by atoms with van der Waals surface area (Å²) in [5, 5.41) is 3.34. The zero-order valence-corrected chi connectivity index (χ0v) is 11.6. The Bertz CT molecular complexity index is 238. The van der Waals surface area contributed by atoms with Crippen molar-refractivity contribution in [2.75, 3.05) is 26.7 Å². The first-order valence-electron chi connectivity index (χ1n) is 6.70. The number of carbonyl (C=O) groups excluding carboxylic acids is 1. The zero-order valence-electron chi connectivity index (χ0n) is 10.8. The summed E-state index contributed by atoms with van der Waals surface area (Å²) in [6.07, 6.45) is 7.09. The van der Waals surface area contributed by atoms with Crippen molar-refractivity contribution >= 4 is 18.3 Å². The molecular formula is C13H25ClN2O. The molecule has 0 unspecified atom stereocenters. The standard InChI is InChI=1S/C13H24N2O.ClH/c1-15(9-6-11-2-3-11)13(16)10-12-4-7-14-8-5-12;/h11-12,14H,2-10H2,1H3;1H. The Kier molecular flexibility index (Phi) is 6.28. The van der Waals surface area contributed by atoms with E-state index < -0.39 is 0 Å². The average Bonchev–Trinajstić information content (AvgIpc) is 3.11. The van der Waals surface area contributed by atoms with Gasteiger partial charge in [-0.1, -0.05) is 12.8 Å². The molecule has 0 aromatic heterocycles. The molecule has 1 aliphatic carbocycles. The summed E-state index contributed by atoms with van der Waals surface area (Å²) in [6, 6.07) is 0. The molecule has 0 bridgehead atoms. The highest BCUT2D eigenvalue weighted by Gasteiger charge is 2.23. The third-order valence-electron chi connectivity index (χ3n) is 3.92. The normalized spacial score (nSPS) is 20.8. The summed E-state index contributed by atoms with van der Waals surface area (Å²) < 4.78 is 0. The second-order valence-corrected chi connectivity index (χ2v) is 5.44. The number of nitrogens with zero attached hydrogens (tertiary/aromatic N) is 1. The van der Waals surface area contributed by atoms with Gasteiger partial charge in [0.2, 0.25) is 5.91 Å². The van der Waals surface area contributed by atoms with Crippen LogP contribution in [-0.2, 0) is 4.79 Å². The Labute approximate surface area is 111 Å². The van der Waals surface area contributed by atoms with E-state index in [-0.39, 0.29) is 12.4 Å². The zero-order chi connectivity index (χ0) is 11.4. The minimum atomic E-state index is 0. The van der Waals surface area contributed by atoms with E-state index in [0.29, 0.717) is 11.8 Å². The first kappa shape index (κ1) is 14.8. The summed E-state index contributed by atoms with van der Waals surface area (Å²) in [6.45, 7) is 3.14. The molecule has 0 aromatic carbocycles. The topological polar surface area (TPSA) is 32.3 Å². The lowest BCUT2D eigenvalue weighted by Crippen LogP contribution is -2.33. The molecule has 2 rings (SSSR count). The van der Waals surface area contributed by atoms with Gasteiger partial charge >= 0.3 is 0 Å². The van der Waals surface area contributed by atoms with E-state index in [1.807, 2.05) is 11.9 Å². The van der Waals surface area contributed by atoms with Gasteiger partial charge in [0.1, 0.15) is 0 Å². The fraction of sp³-hybridized carbons (Fsp3) is 0.923. The number of rotatable bonds is 5. The Morgan fingerprint density at radius 1 is 1.18 bits per heavy atom. The molecule has 17 heavy (non-hydrogen) atoms. The molecule has 4 heteroatoms. The summed E-state index contributed by atoms with van der Waals surface area (Å²) in [5.74, 6) is 1.90. The first-order valence-corrected chi connectivity index (χ1v) is 6.70. The number of hydrogen-bond acceptors (Lipinski definition) is 2. The van der Waals surface area contributed by atoms with Crippen LogP contribution >= 0.6 is 12.4 Å². The predicted octanol–water partition coefficient (Wildman–Crippen LogP) is 2.06. The van der Waals surface area contributed by atoms with Crippen LogP contribution in [0, 0.1) is 11.8 Å². The van der Waals surface area contributed by atoms with Gasteiger partial charge in [-0.05, 0) is 44.2 Å². The van der Waals surface area contributed by atoms with Crippen molar-refractivity contribution < 1.29 is 4.79 Å². The molecule has 0 atom stereocenters. The van der Waals surface area contributed by atoms with Gasteiger partial charge in [0.05, 0.1) is 0 Å². The number of amides is 1. The molecule has 100 valence electrons. The van der Waals surface area contributed by atoms with Crippen molar-refractivity contribution in [3.05, 3.63) is 0 Å². The SMILES string of the molecule is CN(CCC1CC1)C(=O)CC1CCNCC1.Cl. The summed E-state index contributed by atoms with van der Waals surface area (Å²) >= 11 is 0. The summed E-state index contributed by atoms with van der Waals surface area (Å²) in [4.78, 5) is 13.9. The van der Waals surface area contributed by atoms with E-state index in [4.69, 9.17) is 0 Å². The van der Waals surface area contributed by atoms with Crippen molar-refractivity contribution in [2.45, 2.75) is 38.5 Å². The average molecular weight is 261 g/mol. The van der Waals surface area contributed by atoms with Crippen LogP contribution in [0.2, 0.25) is 0 Å². The van der Waals surface area contributed by atoms with E-state index in [1.165, 1.54) is 32.1 Å². The van der Waals surface area contributed by atoms with Crippen LogP contribution in [0.25, 0.3) is 0 Å². The summed E-state index contributed by atoms with van der Waals surface area (Å²) in [7, 11) is 1.96. The molecule has 1 amide bonds. The second kappa shape index (κ2) is 7.22. The predicted molar refractivity (Wildman–Crippen MR) is 72.4 cm³/mol. The highest BCUT2D eigenvalue weighted by molar-refractivity contribution is 5.85. The molecule has 0 aromatic rings. The van der Waals surface area contributed by atoms with E-state index in [1.54, 1.807) is 0 Å². The van der Waals surface area contributed by atoms with Crippen molar-refractivity contribution in [1.29, 1.82) is 0 Å². The lowest BCUT2D eigenvalue weighted by atomic mass is 9.94. The Morgan fingerprint density at radius 2 is 1.82 bits per heavy atom. The Balaban J connectivity index is 0.00000144. The van der Waals surface area contributed by atoms with Crippen LogP contribution in [0.5, 0.6) is 0 Å². The molecule has 1 N–H and O–H groups in total. The Morgan fingerprint density at radius 3 is 2.41 bits per heavy atom. The van der Waals surface area contributed by atoms with E-state index >= 15 is 0 Å². The van der Waals surface area contributed by atoms with Crippen molar-refractivity contribution in [2.24, 2.45) is 11.8 Å². The minimum absolute atomic E-state index is 0. The van der Waals surface area contributed by atoms with Crippen LogP contribution in [0.1, 0.15) is 38.5 Å². The monoisotopic (exact) mass is 260 g/mol. The van der Waals surface area contributed by atoms with Crippen LogP contribution in [0.4, 0.5) is 0 Å². The van der Waals surface area contributed by atoms with E-state index in [0.717, 1.165) is 32.0 Å². The third kappa shape index (κ3) is 5.26. The van der Waals surface area contributed by atoms with Gasteiger partial charge in [-0.2, -0.15) is 0 Å². The van der Waals surface area contributed by atoms with Crippen molar-refractivity contribution in [3.63, 3.8) is 0 Å². The number of piperidine rings is 1. The largest absolute Gasteiger partial charge is 0.346 e. The second-order valence-electron chi connectivity index (χ2n) is 5.44. The fourth-order valence-electron chi connectivity index (χ4n) is 2.40. The molecule has 0 spiro atoms. The lowest BCUT2D eigenvalue weighted by molar-refractivity contribution is -0.131. The number of nitrogens with one attached hydrogen (secondary N) is 1. The lowest BCUT2D eigenvalue weighted by Gasteiger charge is -2.24. The summed E-state index contributed by atoms with van der Waals surface area (Å²) in [5.41, 5.74) is 0. The molecule has 1 aliphatic heterocycles. The number of carbonyl (C=O) groups is 1. The van der Waals surface area contributed by atoms with Crippen LogP contribution < -0.4 is 5.32 Å². The molecule has 1 heterocycles. The smallest absolute Gasteiger partial charge is 0.222 e. The highest BCUT2D eigenvalue weighted by Crippen LogP contribution is 2.32. The molecule has 2 fully saturated rings. The van der Waals surface area contributed by atoms with Gasteiger partial charge in [0, 0.05) is 20.0 Å². The fourth-order valence-corrected chi connectivity index (χ4v) is 2.40. The van der Waals surface area contributed by atoms with Gasteiger partial charge in [-0.3, -0.25) is 4.79 Å². The minimum Gasteiger partial charge on any atom is -0.346 e. The van der Waals surface area contributed by atoms with Crippen molar-refractivity contribution in [3.8, 4) is 0 Å². The van der Waals surface area contributed by atoms with Crippen LogP contribution in [0.15, 0.2) is 0 Å². The first-order chi connectivity index (χ1) is 7.75. The third-order valence-corrected chi connectivity index (χ3v) is 3.92. The molecule has 0 radical (unpaired) electrons. The molecule has 1 saturated heterocycles. The van der Waals surface area contributed by atoms with Gasteiger partial charge in [0.15, 0.2) is 0 Å². The van der Waals surface area contributed by atoms with Gasteiger partial charge in [-0.15, -0.1) is 12.4 Å². The molecule has 1 saturated carbocycles. The quantitative estimate of drug-likeness (QED) is 0.821. The molecular weight excluding hydrogens is 236 g/mol. The molecule has 3 nitrogen and oxygen atoms in total. The van der Waals surface area contributed by atoms with Gasteiger partial charge in [-0.25, -0.2) is 0 Å². The number of halogens is 1.